The summed E-state index contributed by atoms with van der Waals surface area (Å²) in [5.74, 6) is 0. The van der Waals surface area contributed by atoms with Gasteiger partial charge in [0.2, 0.25) is 0 Å². The number of rotatable bonds is 4. The third-order valence-electron chi connectivity index (χ3n) is 7.34. The fourth-order valence-electron chi connectivity index (χ4n) is 4.75. The molecule has 2 nitrogen and oxygen atoms in total. The second-order valence-corrected chi connectivity index (χ2v) is 11.1. The molecule has 0 spiro atoms. The molecular weight excluding hydrogens is 435 g/mol. The van der Waals surface area contributed by atoms with E-state index in [1.165, 1.54) is 52.5 Å². The molecule has 6 aromatic rings. The summed E-state index contributed by atoms with van der Waals surface area (Å²) in [7, 11) is 1.85. The lowest BCUT2D eigenvalue weighted by molar-refractivity contribution is -0.0893. The van der Waals surface area contributed by atoms with Gasteiger partial charge in [0.05, 0.1) is 11.2 Å². The first-order valence-corrected chi connectivity index (χ1v) is 12.5. The molecule has 1 radical (unpaired) electrons. The average molecular weight is 461 g/mol. The van der Waals surface area contributed by atoms with E-state index in [1.54, 1.807) is 13.8 Å². The van der Waals surface area contributed by atoms with Crippen molar-refractivity contribution in [3.05, 3.63) is 78.9 Å². The van der Waals surface area contributed by atoms with Crippen molar-refractivity contribution < 1.29 is 9.76 Å². The number of benzene rings is 5. The van der Waals surface area contributed by atoms with E-state index in [0.717, 1.165) is 5.46 Å². The predicted molar refractivity (Wildman–Crippen MR) is 149 cm³/mol. The van der Waals surface area contributed by atoms with Gasteiger partial charge < -0.3 is 9.76 Å². The number of fused-ring (bicyclic) bond motifs is 10. The van der Waals surface area contributed by atoms with Gasteiger partial charge in [-0.2, -0.15) is 0 Å². The van der Waals surface area contributed by atoms with E-state index in [0.29, 0.717) is 0 Å². The first-order valence-electron chi connectivity index (χ1n) is 11.7. The lowest BCUT2D eigenvalue weighted by Gasteiger charge is -2.37. The van der Waals surface area contributed by atoms with Gasteiger partial charge >= 0.3 is 7.48 Å². The molecular formula is C30H26BO2S. The minimum absolute atomic E-state index is 0.744. The molecule has 1 N–H and O–H groups in total. The number of hydrogen-bond acceptors (Lipinski definition) is 3. The van der Waals surface area contributed by atoms with Crippen LogP contribution in [0.4, 0.5) is 0 Å². The molecule has 4 heteroatoms. The van der Waals surface area contributed by atoms with Crippen LogP contribution in [0.1, 0.15) is 27.7 Å². The zero-order chi connectivity index (χ0) is 23.7. The van der Waals surface area contributed by atoms with E-state index in [2.05, 4.69) is 78.9 Å². The van der Waals surface area contributed by atoms with Crippen LogP contribution in [-0.2, 0) is 4.65 Å². The largest absolute Gasteiger partial charge is 0.427 e. The van der Waals surface area contributed by atoms with E-state index in [1.807, 2.05) is 32.7 Å². The van der Waals surface area contributed by atoms with Crippen LogP contribution in [0.5, 0.6) is 0 Å². The van der Waals surface area contributed by atoms with E-state index in [-0.39, 0.29) is 0 Å². The van der Waals surface area contributed by atoms with Crippen LogP contribution in [-0.4, -0.2) is 23.8 Å². The zero-order valence-corrected chi connectivity index (χ0v) is 20.7. The molecule has 167 valence electrons. The van der Waals surface area contributed by atoms with Crippen molar-refractivity contribution >= 4 is 76.8 Å². The summed E-state index contributed by atoms with van der Waals surface area (Å²) in [4.78, 5) is 0. The molecule has 0 bridgehead atoms. The van der Waals surface area contributed by atoms with Crippen molar-refractivity contribution in [2.45, 2.75) is 38.9 Å². The highest BCUT2D eigenvalue weighted by Crippen LogP contribution is 2.43. The molecule has 0 amide bonds. The summed E-state index contributed by atoms with van der Waals surface area (Å²) in [6, 6.07) is 28.2. The Morgan fingerprint density at radius 1 is 0.676 bits per heavy atom. The third kappa shape index (κ3) is 3.17. The van der Waals surface area contributed by atoms with Crippen molar-refractivity contribution in [3.8, 4) is 0 Å². The molecule has 1 aromatic heterocycles. The highest BCUT2D eigenvalue weighted by molar-refractivity contribution is 7.27. The Labute approximate surface area is 204 Å². The molecule has 0 aliphatic rings. The van der Waals surface area contributed by atoms with E-state index in [4.69, 9.17) is 4.65 Å². The summed E-state index contributed by atoms with van der Waals surface area (Å²) < 4.78 is 8.82. The Bertz CT molecular complexity index is 1720. The topological polar surface area (TPSA) is 29.5 Å². The summed E-state index contributed by atoms with van der Waals surface area (Å²) >= 11 is 1.84. The molecule has 0 unspecified atom stereocenters. The molecule has 0 saturated heterocycles. The van der Waals surface area contributed by atoms with Crippen molar-refractivity contribution in [3.63, 3.8) is 0 Å². The van der Waals surface area contributed by atoms with Gasteiger partial charge in [-0.15, -0.1) is 11.3 Å². The molecule has 0 saturated carbocycles. The number of thiophene rings is 1. The predicted octanol–water partition coefficient (Wildman–Crippen LogP) is 7.32. The summed E-state index contributed by atoms with van der Waals surface area (Å²) in [6.45, 7) is 7.43. The van der Waals surface area contributed by atoms with Gasteiger partial charge in [0.15, 0.2) is 0 Å². The first kappa shape index (κ1) is 21.6. The fraction of sp³-hybridized carbons (Fsp3) is 0.200. The Kier molecular flexibility index (Phi) is 4.79. The standard InChI is InChI=1S/C30H26BO2S/c1-29(2,32)30(3,4)33-31-24-17-23-20-13-6-5-11-18(20)19-12-7-8-14-21(19)26(23)28-27(24)22-15-9-10-16-25(22)34-28/h5-17,32H,1-4H3. The molecule has 0 fully saturated rings. The van der Waals surface area contributed by atoms with Gasteiger partial charge in [-0.25, -0.2) is 0 Å². The quantitative estimate of drug-likeness (QED) is 0.220. The number of hydrogen-bond donors (Lipinski definition) is 1. The maximum Gasteiger partial charge on any atom is 0.331 e. The average Bonchev–Trinajstić information content (AvgIpc) is 3.21. The van der Waals surface area contributed by atoms with Gasteiger partial charge in [-0.3, -0.25) is 0 Å². The molecule has 0 atom stereocenters. The van der Waals surface area contributed by atoms with Crippen LogP contribution in [0.25, 0.3) is 52.5 Å². The van der Waals surface area contributed by atoms with Crippen molar-refractivity contribution in [1.82, 2.24) is 0 Å². The first-order chi connectivity index (χ1) is 16.3. The maximum absolute atomic E-state index is 10.7. The Morgan fingerprint density at radius 3 is 1.85 bits per heavy atom. The molecule has 34 heavy (non-hydrogen) atoms. The van der Waals surface area contributed by atoms with E-state index < -0.39 is 11.2 Å². The zero-order valence-electron chi connectivity index (χ0n) is 19.8. The second kappa shape index (κ2) is 7.54. The van der Waals surface area contributed by atoms with Crippen molar-refractivity contribution in [2.24, 2.45) is 0 Å². The highest BCUT2D eigenvalue weighted by atomic mass is 32.1. The summed E-state index contributed by atoms with van der Waals surface area (Å²) in [5.41, 5.74) is -0.692. The van der Waals surface area contributed by atoms with Crippen LogP contribution in [0, 0.1) is 0 Å². The van der Waals surface area contributed by atoms with Crippen molar-refractivity contribution in [1.29, 1.82) is 0 Å². The van der Waals surface area contributed by atoms with Crippen LogP contribution in [0.2, 0.25) is 0 Å². The SMILES string of the molecule is CC(C)(O)C(C)(C)O[B]c1cc2c3ccccc3c3ccccc3c2c2sc3ccccc3c12. The minimum atomic E-state index is -0.987. The van der Waals surface area contributed by atoms with Crippen LogP contribution in [0.15, 0.2) is 78.9 Å². The van der Waals surface area contributed by atoms with Gasteiger partial charge in [-0.1, -0.05) is 72.8 Å². The monoisotopic (exact) mass is 461 g/mol. The normalized spacial score (nSPS) is 13.0. The molecule has 0 aliphatic carbocycles. The third-order valence-corrected chi connectivity index (χ3v) is 8.53. The highest BCUT2D eigenvalue weighted by Gasteiger charge is 2.36. The van der Waals surface area contributed by atoms with Gasteiger partial charge in [-0.05, 0) is 76.9 Å². The summed E-state index contributed by atoms with van der Waals surface area (Å²) in [5, 5.41) is 20.7. The van der Waals surface area contributed by atoms with Crippen LogP contribution < -0.4 is 5.46 Å². The molecule has 5 aromatic carbocycles. The Balaban J connectivity index is 1.76. The lowest BCUT2D eigenvalue weighted by Crippen LogP contribution is -2.49. The molecule has 1 heterocycles. The van der Waals surface area contributed by atoms with Crippen LogP contribution in [0.3, 0.4) is 0 Å². The number of aliphatic hydroxyl groups is 1. The fourth-order valence-corrected chi connectivity index (χ4v) is 6.05. The van der Waals surface area contributed by atoms with E-state index >= 15 is 0 Å². The lowest BCUT2D eigenvalue weighted by atomic mass is 9.78. The Morgan fingerprint density at radius 2 is 1.21 bits per heavy atom. The van der Waals surface area contributed by atoms with E-state index in [9.17, 15) is 5.11 Å². The smallest absolute Gasteiger partial charge is 0.331 e. The molecule has 6 rings (SSSR count). The van der Waals surface area contributed by atoms with Crippen molar-refractivity contribution in [2.75, 3.05) is 0 Å². The van der Waals surface area contributed by atoms with Gasteiger partial charge in [0.25, 0.3) is 0 Å². The minimum Gasteiger partial charge on any atom is -0.427 e. The second-order valence-electron chi connectivity index (χ2n) is 10.1. The van der Waals surface area contributed by atoms with Crippen LogP contribution >= 0.6 is 11.3 Å². The van der Waals surface area contributed by atoms with Gasteiger partial charge in [0, 0.05) is 14.8 Å². The Hall–Kier alpha value is -2.92. The van der Waals surface area contributed by atoms with Gasteiger partial charge in [0.1, 0.15) is 0 Å². The molecule has 0 aliphatic heterocycles. The maximum atomic E-state index is 10.7. The summed E-state index contributed by atoms with van der Waals surface area (Å²) in [6.07, 6.45) is 0.